The standard InChI is InChI=1S/C24H21N5O3/c1-15-4-2-3-5-20(15)26-24-28-21(27-23(25)29-24)14-32-22(31)18-8-6-16(7-9-18)17-10-12-19(30)13-11-17/h2-13,30H,14H2,1H3,(H3,25,26,27,28,29). The molecule has 0 atom stereocenters. The van der Waals surface area contributed by atoms with Crippen molar-refractivity contribution in [3.05, 3.63) is 89.7 Å². The van der Waals surface area contributed by atoms with Gasteiger partial charge in [-0.05, 0) is 53.9 Å². The molecule has 8 heteroatoms. The van der Waals surface area contributed by atoms with Gasteiger partial charge in [0.05, 0.1) is 5.56 Å². The smallest absolute Gasteiger partial charge is 0.338 e. The van der Waals surface area contributed by atoms with Gasteiger partial charge in [0.15, 0.2) is 12.4 Å². The molecular weight excluding hydrogens is 406 g/mol. The third-order valence-electron chi connectivity index (χ3n) is 4.74. The number of esters is 1. The maximum Gasteiger partial charge on any atom is 0.338 e. The molecule has 0 bridgehead atoms. The van der Waals surface area contributed by atoms with Crippen molar-refractivity contribution in [3.8, 4) is 16.9 Å². The first-order valence-electron chi connectivity index (χ1n) is 9.87. The molecule has 8 nitrogen and oxygen atoms in total. The third-order valence-corrected chi connectivity index (χ3v) is 4.74. The van der Waals surface area contributed by atoms with Gasteiger partial charge in [-0.1, -0.05) is 42.5 Å². The predicted octanol–water partition coefficient (Wildman–Crippen LogP) is 4.24. The Morgan fingerprint density at radius 1 is 0.938 bits per heavy atom. The SMILES string of the molecule is Cc1ccccc1Nc1nc(N)nc(COC(=O)c2ccc(-c3ccc(O)cc3)cc2)n1. The molecule has 32 heavy (non-hydrogen) atoms. The molecule has 0 saturated carbocycles. The van der Waals surface area contributed by atoms with E-state index >= 15 is 0 Å². The molecule has 0 aliphatic heterocycles. The molecule has 0 spiro atoms. The molecule has 0 unspecified atom stereocenters. The average Bonchev–Trinajstić information content (AvgIpc) is 2.79. The number of aromatic nitrogens is 3. The van der Waals surface area contributed by atoms with Crippen LogP contribution in [0.25, 0.3) is 11.1 Å². The number of aryl methyl sites for hydroxylation is 1. The number of carbonyl (C=O) groups excluding carboxylic acids is 1. The van der Waals surface area contributed by atoms with Crippen molar-refractivity contribution in [3.63, 3.8) is 0 Å². The van der Waals surface area contributed by atoms with E-state index in [1.807, 2.05) is 43.3 Å². The first-order valence-corrected chi connectivity index (χ1v) is 9.87. The summed E-state index contributed by atoms with van der Waals surface area (Å²) in [7, 11) is 0. The van der Waals surface area contributed by atoms with Crippen LogP contribution < -0.4 is 11.1 Å². The lowest BCUT2D eigenvalue weighted by Gasteiger charge is -2.10. The number of ether oxygens (including phenoxy) is 1. The molecule has 3 aromatic carbocycles. The number of nitrogens with zero attached hydrogens (tertiary/aromatic N) is 3. The van der Waals surface area contributed by atoms with Gasteiger partial charge in [0, 0.05) is 5.69 Å². The number of anilines is 3. The van der Waals surface area contributed by atoms with Gasteiger partial charge >= 0.3 is 5.97 Å². The van der Waals surface area contributed by atoms with Crippen molar-refractivity contribution < 1.29 is 14.6 Å². The summed E-state index contributed by atoms with van der Waals surface area (Å²) in [6.07, 6.45) is 0. The number of rotatable bonds is 6. The minimum atomic E-state index is -0.505. The van der Waals surface area contributed by atoms with Gasteiger partial charge in [-0.15, -0.1) is 0 Å². The van der Waals surface area contributed by atoms with Crippen LogP contribution in [0, 0.1) is 6.92 Å². The van der Waals surface area contributed by atoms with Crippen molar-refractivity contribution in [2.45, 2.75) is 13.5 Å². The fourth-order valence-corrected chi connectivity index (χ4v) is 3.06. The lowest BCUT2D eigenvalue weighted by atomic mass is 10.0. The highest BCUT2D eigenvalue weighted by atomic mass is 16.5. The van der Waals surface area contributed by atoms with E-state index in [0.29, 0.717) is 5.56 Å². The second kappa shape index (κ2) is 9.13. The summed E-state index contributed by atoms with van der Waals surface area (Å²) < 4.78 is 5.35. The highest BCUT2D eigenvalue weighted by Crippen LogP contribution is 2.23. The number of nitrogens with two attached hydrogens (primary N) is 1. The fourth-order valence-electron chi connectivity index (χ4n) is 3.06. The van der Waals surface area contributed by atoms with E-state index in [9.17, 15) is 9.90 Å². The lowest BCUT2D eigenvalue weighted by Crippen LogP contribution is -2.11. The topological polar surface area (TPSA) is 123 Å². The quantitative estimate of drug-likeness (QED) is 0.391. The summed E-state index contributed by atoms with van der Waals surface area (Å²) in [6.45, 7) is 1.82. The summed E-state index contributed by atoms with van der Waals surface area (Å²) in [6, 6.07) is 21.5. The van der Waals surface area contributed by atoms with Crippen LogP contribution >= 0.6 is 0 Å². The predicted molar refractivity (Wildman–Crippen MR) is 121 cm³/mol. The van der Waals surface area contributed by atoms with Gasteiger partial charge in [0.2, 0.25) is 11.9 Å². The summed E-state index contributed by atoms with van der Waals surface area (Å²) in [5.74, 6) is 0.235. The number of nitrogen functional groups attached to an aromatic ring is 1. The Morgan fingerprint density at radius 2 is 1.59 bits per heavy atom. The number of phenolic OH excluding ortho intramolecular Hbond substituents is 1. The van der Waals surface area contributed by atoms with E-state index < -0.39 is 5.97 Å². The molecule has 0 radical (unpaired) electrons. The van der Waals surface area contributed by atoms with Crippen molar-refractivity contribution in [1.29, 1.82) is 0 Å². The van der Waals surface area contributed by atoms with Crippen LogP contribution in [0.2, 0.25) is 0 Å². The second-order valence-corrected chi connectivity index (χ2v) is 7.07. The number of nitrogens with one attached hydrogen (secondary N) is 1. The molecule has 4 rings (SSSR count). The molecule has 0 fully saturated rings. The normalized spacial score (nSPS) is 10.5. The van der Waals surface area contributed by atoms with E-state index in [1.165, 1.54) is 0 Å². The molecule has 160 valence electrons. The molecule has 4 aromatic rings. The number of carbonyl (C=O) groups is 1. The molecule has 0 aliphatic rings. The Bertz CT molecular complexity index is 1240. The van der Waals surface area contributed by atoms with E-state index in [0.717, 1.165) is 22.4 Å². The number of aromatic hydroxyl groups is 1. The first kappa shape index (κ1) is 20.8. The number of benzene rings is 3. The molecule has 4 N–H and O–H groups in total. The minimum absolute atomic E-state index is 0.0281. The van der Waals surface area contributed by atoms with Gasteiger partial charge in [0.25, 0.3) is 0 Å². The minimum Gasteiger partial charge on any atom is -0.508 e. The van der Waals surface area contributed by atoms with E-state index in [4.69, 9.17) is 10.5 Å². The zero-order chi connectivity index (χ0) is 22.5. The summed E-state index contributed by atoms with van der Waals surface area (Å²) >= 11 is 0. The molecule has 0 amide bonds. The van der Waals surface area contributed by atoms with E-state index in [-0.39, 0.29) is 30.1 Å². The van der Waals surface area contributed by atoms with Crippen LogP contribution in [0.1, 0.15) is 21.7 Å². The third kappa shape index (κ3) is 4.99. The maximum absolute atomic E-state index is 12.4. The van der Waals surface area contributed by atoms with Gasteiger partial charge in [0.1, 0.15) is 5.75 Å². The van der Waals surface area contributed by atoms with Gasteiger partial charge < -0.3 is 20.9 Å². The Kier molecular flexibility index (Phi) is 5.94. The van der Waals surface area contributed by atoms with Crippen LogP contribution in [-0.2, 0) is 11.3 Å². The van der Waals surface area contributed by atoms with Crippen LogP contribution in [0.15, 0.2) is 72.8 Å². The van der Waals surface area contributed by atoms with Crippen molar-refractivity contribution in [1.82, 2.24) is 15.0 Å². The lowest BCUT2D eigenvalue weighted by molar-refractivity contribution is 0.0462. The Hall–Kier alpha value is -4.46. The summed E-state index contributed by atoms with van der Waals surface area (Å²) in [4.78, 5) is 24.9. The number of hydrogen-bond acceptors (Lipinski definition) is 8. The van der Waals surface area contributed by atoms with Crippen LogP contribution in [0.4, 0.5) is 17.6 Å². The van der Waals surface area contributed by atoms with Crippen LogP contribution in [-0.4, -0.2) is 26.0 Å². The van der Waals surface area contributed by atoms with Crippen LogP contribution in [0.5, 0.6) is 5.75 Å². The second-order valence-electron chi connectivity index (χ2n) is 7.07. The number of phenols is 1. The van der Waals surface area contributed by atoms with Crippen molar-refractivity contribution in [2.75, 3.05) is 11.1 Å². The maximum atomic E-state index is 12.4. The molecule has 0 saturated heterocycles. The summed E-state index contributed by atoms with van der Waals surface area (Å²) in [5.41, 5.74) is 9.90. The molecule has 0 aliphatic carbocycles. The zero-order valence-corrected chi connectivity index (χ0v) is 17.3. The van der Waals surface area contributed by atoms with Crippen molar-refractivity contribution >= 4 is 23.6 Å². The van der Waals surface area contributed by atoms with Crippen LogP contribution in [0.3, 0.4) is 0 Å². The van der Waals surface area contributed by atoms with Gasteiger partial charge in [-0.3, -0.25) is 0 Å². The molecular formula is C24H21N5O3. The van der Waals surface area contributed by atoms with Gasteiger partial charge in [-0.25, -0.2) is 4.79 Å². The number of hydrogen-bond donors (Lipinski definition) is 3. The Balaban J connectivity index is 1.42. The Labute approximate surface area is 184 Å². The largest absolute Gasteiger partial charge is 0.508 e. The van der Waals surface area contributed by atoms with E-state index in [2.05, 4.69) is 20.3 Å². The zero-order valence-electron chi connectivity index (χ0n) is 17.3. The fraction of sp³-hybridized carbons (Fsp3) is 0.0833. The molecule has 1 heterocycles. The highest BCUT2D eigenvalue weighted by molar-refractivity contribution is 5.90. The van der Waals surface area contributed by atoms with Crippen molar-refractivity contribution in [2.24, 2.45) is 0 Å². The number of para-hydroxylation sites is 1. The average molecular weight is 427 g/mol. The van der Waals surface area contributed by atoms with Gasteiger partial charge in [-0.2, -0.15) is 15.0 Å². The Morgan fingerprint density at radius 3 is 2.28 bits per heavy atom. The highest BCUT2D eigenvalue weighted by Gasteiger charge is 2.11. The summed E-state index contributed by atoms with van der Waals surface area (Å²) in [5, 5.41) is 12.5. The first-order chi connectivity index (χ1) is 15.5. The monoisotopic (exact) mass is 427 g/mol. The molecule has 1 aromatic heterocycles. The van der Waals surface area contributed by atoms with E-state index in [1.54, 1.807) is 36.4 Å².